The zero-order chi connectivity index (χ0) is 14.5. The summed E-state index contributed by atoms with van der Waals surface area (Å²) in [5.74, 6) is -0.0771. The van der Waals surface area contributed by atoms with Crippen molar-refractivity contribution < 1.29 is 9.32 Å². The van der Waals surface area contributed by atoms with Gasteiger partial charge in [-0.3, -0.25) is 4.79 Å². The van der Waals surface area contributed by atoms with Gasteiger partial charge < -0.3 is 15.2 Å². The van der Waals surface area contributed by atoms with Gasteiger partial charge in [0, 0.05) is 24.3 Å². The summed E-state index contributed by atoms with van der Waals surface area (Å²) in [7, 11) is 0. The van der Waals surface area contributed by atoms with E-state index in [0.29, 0.717) is 11.7 Å². The highest BCUT2D eigenvalue weighted by molar-refractivity contribution is 6.02. The Morgan fingerprint density at radius 2 is 2.00 bits per heavy atom. The molecule has 0 aliphatic rings. The van der Waals surface area contributed by atoms with Crippen LogP contribution in [0.1, 0.15) is 35.7 Å². The Bertz CT molecular complexity index is 573. The molecule has 0 radical (unpaired) electrons. The number of hydrogen-bond donors (Lipinski definition) is 2. The molecule has 1 aromatic heterocycles. The molecule has 1 aromatic carbocycles. The summed E-state index contributed by atoms with van der Waals surface area (Å²) in [6, 6.07) is 9.77. The van der Waals surface area contributed by atoms with Crippen LogP contribution in [-0.2, 0) is 6.54 Å². The molecule has 2 N–H and O–H groups in total. The van der Waals surface area contributed by atoms with Gasteiger partial charge in [-0.25, -0.2) is 0 Å². The van der Waals surface area contributed by atoms with Gasteiger partial charge in [-0.2, -0.15) is 0 Å². The maximum atomic E-state index is 11.9. The molecule has 20 heavy (non-hydrogen) atoms. The van der Waals surface area contributed by atoms with Crippen molar-refractivity contribution in [1.29, 1.82) is 0 Å². The van der Waals surface area contributed by atoms with E-state index < -0.39 is 0 Å². The minimum atomic E-state index is -0.293. The lowest BCUT2D eigenvalue weighted by atomic mass is 10.2. The van der Waals surface area contributed by atoms with Crippen LogP contribution in [-0.4, -0.2) is 17.1 Å². The molecule has 0 atom stereocenters. The molecule has 0 bridgehead atoms. The van der Waals surface area contributed by atoms with Gasteiger partial charge in [0.15, 0.2) is 0 Å². The average molecular weight is 273 g/mol. The Labute approximate surface area is 118 Å². The lowest BCUT2D eigenvalue weighted by Crippen LogP contribution is -2.21. The Balaban J connectivity index is 1.95. The normalized spacial score (nSPS) is 10.8. The van der Waals surface area contributed by atoms with Crippen LogP contribution in [0.2, 0.25) is 0 Å². The molecular formula is C15H19N3O2. The molecule has 0 saturated carbocycles. The average Bonchev–Trinajstić information content (AvgIpc) is 2.85. The summed E-state index contributed by atoms with van der Waals surface area (Å²) in [5, 5.41) is 9.80. The van der Waals surface area contributed by atoms with Crippen molar-refractivity contribution >= 4 is 11.6 Å². The third-order valence-corrected chi connectivity index (χ3v) is 2.78. The van der Waals surface area contributed by atoms with Gasteiger partial charge in [-0.1, -0.05) is 31.1 Å². The number of amides is 1. The summed E-state index contributed by atoms with van der Waals surface area (Å²) < 4.78 is 4.91. The molecule has 2 rings (SSSR count). The quantitative estimate of drug-likeness (QED) is 0.879. The molecule has 0 fully saturated rings. The highest BCUT2D eigenvalue weighted by atomic mass is 16.5. The lowest BCUT2D eigenvalue weighted by Gasteiger charge is -2.09. The maximum Gasteiger partial charge on any atom is 0.294 e. The second-order valence-electron chi connectivity index (χ2n) is 5.02. The molecule has 0 unspecified atom stereocenters. The standard InChI is InChI=1S/C15H19N3O2/c1-10(2)16-9-12-4-6-13(7-5-12)17-15(19)14-8-11(3)18-20-14/h4-8,10,16H,9H2,1-3H3,(H,17,19). The first-order valence-electron chi connectivity index (χ1n) is 6.61. The summed E-state index contributed by atoms with van der Waals surface area (Å²) in [5.41, 5.74) is 2.59. The zero-order valence-electron chi connectivity index (χ0n) is 11.9. The topological polar surface area (TPSA) is 67.2 Å². The molecule has 0 saturated heterocycles. The summed E-state index contributed by atoms with van der Waals surface area (Å²) >= 11 is 0. The van der Waals surface area contributed by atoms with E-state index in [1.807, 2.05) is 24.3 Å². The highest BCUT2D eigenvalue weighted by Crippen LogP contribution is 2.12. The van der Waals surface area contributed by atoms with Crippen molar-refractivity contribution in [3.8, 4) is 0 Å². The number of carbonyl (C=O) groups excluding carboxylic acids is 1. The number of anilines is 1. The summed E-state index contributed by atoms with van der Waals surface area (Å²) in [6.45, 7) is 6.80. The molecule has 1 heterocycles. The Kier molecular flexibility index (Phi) is 4.53. The fourth-order valence-corrected chi connectivity index (χ4v) is 1.69. The van der Waals surface area contributed by atoms with E-state index in [9.17, 15) is 4.79 Å². The van der Waals surface area contributed by atoms with Crippen molar-refractivity contribution in [1.82, 2.24) is 10.5 Å². The first kappa shape index (κ1) is 14.3. The third kappa shape index (κ3) is 3.93. The van der Waals surface area contributed by atoms with Crippen LogP contribution in [0.3, 0.4) is 0 Å². The van der Waals surface area contributed by atoms with Crippen LogP contribution in [0.25, 0.3) is 0 Å². The Morgan fingerprint density at radius 1 is 1.30 bits per heavy atom. The van der Waals surface area contributed by atoms with E-state index in [4.69, 9.17) is 4.52 Å². The van der Waals surface area contributed by atoms with Crippen LogP contribution in [0.15, 0.2) is 34.9 Å². The van der Waals surface area contributed by atoms with E-state index in [-0.39, 0.29) is 11.7 Å². The van der Waals surface area contributed by atoms with E-state index in [1.165, 1.54) is 5.56 Å². The minimum absolute atomic E-state index is 0.216. The number of benzene rings is 1. The van der Waals surface area contributed by atoms with Gasteiger partial charge in [0.25, 0.3) is 5.91 Å². The van der Waals surface area contributed by atoms with Crippen LogP contribution >= 0.6 is 0 Å². The predicted molar refractivity (Wildman–Crippen MR) is 77.6 cm³/mol. The molecular weight excluding hydrogens is 254 g/mol. The number of nitrogens with one attached hydrogen (secondary N) is 2. The van der Waals surface area contributed by atoms with E-state index in [0.717, 1.165) is 12.2 Å². The number of rotatable bonds is 5. The SMILES string of the molecule is Cc1cc(C(=O)Nc2ccc(CNC(C)C)cc2)on1. The van der Waals surface area contributed by atoms with Gasteiger partial charge in [-0.15, -0.1) is 0 Å². The first-order chi connectivity index (χ1) is 9.54. The zero-order valence-corrected chi connectivity index (χ0v) is 11.9. The molecule has 2 aromatic rings. The second kappa shape index (κ2) is 6.34. The molecule has 5 nitrogen and oxygen atoms in total. The van der Waals surface area contributed by atoms with Crippen molar-refractivity contribution in [2.75, 3.05) is 5.32 Å². The Hall–Kier alpha value is -2.14. The fourth-order valence-electron chi connectivity index (χ4n) is 1.69. The van der Waals surface area contributed by atoms with Crippen molar-refractivity contribution in [2.45, 2.75) is 33.4 Å². The summed E-state index contributed by atoms with van der Waals surface area (Å²) in [6.07, 6.45) is 0. The van der Waals surface area contributed by atoms with Crippen molar-refractivity contribution in [3.05, 3.63) is 47.3 Å². The number of aromatic nitrogens is 1. The third-order valence-electron chi connectivity index (χ3n) is 2.78. The van der Waals surface area contributed by atoms with Crippen LogP contribution in [0, 0.1) is 6.92 Å². The molecule has 5 heteroatoms. The van der Waals surface area contributed by atoms with Crippen LogP contribution < -0.4 is 10.6 Å². The lowest BCUT2D eigenvalue weighted by molar-refractivity contribution is 0.0988. The number of aryl methyl sites for hydroxylation is 1. The molecule has 106 valence electrons. The van der Waals surface area contributed by atoms with Gasteiger partial charge in [-0.05, 0) is 24.6 Å². The maximum absolute atomic E-state index is 11.9. The van der Waals surface area contributed by atoms with Crippen molar-refractivity contribution in [3.63, 3.8) is 0 Å². The monoisotopic (exact) mass is 273 g/mol. The number of hydrogen-bond acceptors (Lipinski definition) is 4. The number of nitrogens with zero attached hydrogens (tertiary/aromatic N) is 1. The van der Waals surface area contributed by atoms with E-state index in [2.05, 4.69) is 29.6 Å². The smallest absolute Gasteiger partial charge is 0.294 e. The van der Waals surface area contributed by atoms with Gasteiger partial charge in [0.1, 0.15) is 0 Å². The molecule has 0 aliphatic carbocycles. The molecule has 0 spiro atoms. The van der Waals surface area contributed by atoms with Gasteiger partial charge >= 0.3 is 0 Å². The summed E-state index contributed by atoms with van der Waals surface area (Å²) in [4.78, 5) is 11.9. The van der Waals surface area contributed by atoms with Crippen LogP contribution in [0.4, 0.5) is 5.69 Å². The fraction of sp³-hybridized carbons (Fsp3) is 0.333. The minimum Gasteiger partial charge on any atom is -0.351 e. The molecule has 0 aliphatic heterocycles. The Morgan fingerprint density at radius 3 is 2.55 bits per heavy atom. The van der Waals surface area contributed by atoms with Crippen LogP contribution in [0.5, 0.6) is 0 Å². The number of carbonyl (C=O) groups is 1. The van der Waals surface area contributed by atoms with Crippen molar-refractivity contribution in [2.24, 2.45) is 0 Å². The van der Waals surface area contributed by atoms with Gasteiger partial charge in [0.05, 0.1) is 5.69 Å². The second-order valence-corrected chi connectivity index (χ2v) is 5.02. The molecule has 1 amide bonds. The largest absolute Gasteiger partial charge is 0.351 e. The predicted octanol–water partition coefficient (Wildman–Crippen LogP) is 2.73. The van der Waals surface area contributed by atoms with E-state index >= 15 is 0 Å². The van der Waals surface area contributed by atoms with Gasteiger partial charge in [0.2, 0.25) is 5.76 Å². The van der Waals surface area contributed by atoms with E-state index in [1.54, 1.807) is 13.0 Å². The first-order valence-corrected chi connectivity index (χ1v) is 6.61. The highest BCUT2D eigenvalue weighted by Gasteiger charge is 2.11.